The highest BCUT2D eigenvalue weighted by Crippen LogP contribution is 2.22. The van der Waals surface area contributed by atoms with E-state index in [-0.39, 0.29) is 23.0 Å². The van der Waals surface area contributed by atoms with Crippen LogP contribution in [0.2, 0.25) is 0 Å². The molecule has 3 aromatic carbocycles. The van der Waals surface area contributed by atoms with Gasteiger partial charge in [-0.3, -0.25) is 9.78 Å². The first-order chi connectivity index (χ1) is 15.6. The number of hydrogen-bond acceptors (Lipinski definition) is 6. The van der Waals surface area contributed by atoms with E-state index in [1.807, 2.05) is 12.1 Å². The first-order valence-electron chi connectivity index (χ1n) is 9.55. The van der Waals surface area contributed by atoms with Crippen LogP contribution < -0.4 is 15.7 Å². The lowest BCUT2D eigenvalue weighted by Gasteiger charge is -2.06. The van der Waals surface area contributed by atoms with Crippen molar-refractivity contribution in [2.45, 2.75) is 0 Å². The predicted octanol–water partition coefficient (Wildman–Crippen LogP) is 4.69. The van der Waals surface area contributed by atoms with Gasteiger partial charge in [0.05, 0.1) is 11.9 Å². The fourth-order valence-corrected chi connectivity index (χ4v) is 2.86. The van der Waals surface area contributed by atoms with Gasteiger partial charge >= 0.3 is 0 Å². The van der Waals surface area contributed by atoms with Gasteiger partial charge in [-0.15, -0.1) is 0 Å². The highest BCUT2D eigenvalue weighted by atomic mass is 19.1. The van der Waals surface area contributed by atoms with Gasteiger partial charge in [0.1, 0.15) is 28.9 Å². The molecule has 0 bridgehead atoms. The molecule has 32 heavy (non-hydrogen) atoms. The van der Waals surface area contributed by atoms with Crippen molar-refractivity contribution >= 4 is 12.2 Å². The number of nitrogens with zero attached hydrogens (tertiary/aromatic N) is 3. The lowest BCUT2D eigenvalue weighted by molar-refractivity contribution is 0.480. The third-order valence-electron chi connectivity index (χ3n) is 4.39. The number of hydrogen-bond donors (Lipinski definition) is 2. The Balaban J connectivity index is 1.47. The fraction of sp³-hybridized carbons (Fsp3) is 0. The molecule has 2 N–H and O–H groups in total. The number of aromatic nitrogens is 2. The molecule has 4 aromatic rings. The monoisotopic (exact) mass is 425 g/mol. The third kappa shape index (κ3) is 4.86. The van der Waals surface area contributed by atoms with E-state index in [1.54, 1.807) is 66.9 Å². The largest absolute Gasteiger partial charge is 0.457 e. The average Bonchev–Trinajstić information content (AvgIpc) is 2.82. The van der Waals surface area contributed by atoms with Gasteiger partial charge in [-0.2, -0.15) is 10.4 Å². The number of ether oxygens (including phenoxy) is 1. The lowest BCUT2D eigenvalue weighted by Crippen LogP contribution is -2.16. The second-order valence-corrected chi connectivity index (χ2v) is 6.61. The lowest BCUT2D eigenvalue weighted by atomic mass is 10.1. The Labute approximate surface area is 182 Å². The quantitative estimate of drug-likeness (QED) is 0.345. The molecule has 156 valence electrons. The van der Waals surface area contributed by atoms with Gasteiger partial charge in [-0.05, 0) is 54.1 Å². The van der Waals surface area contributed by atoms with Crippen LogP contribution in [0, 0.1) is 17.1 Å². The van der Waals surface area contributed by atoms with Gasteiger partial charge in [0.2, 0.25) is 5.95 Å². The van der Waals surface area contributed by atoms with Crippen molar-refractivity contribution in [3.8, 4) is 28.8 Å². The molecule has 0 unspecified atom stereocenters. The molecule has 0 fully saturated rings. The van der Waals surface area contributed by atoms with Crippen LogP contribution in [-0.4, -0.2) is 16.2 Å². The molecule has 0 spiro atoms. The molecule has 0 saturated carbocycles. The molecule has 8 heteroatoms. The van der Waals surface area contributed by atoms with Crippen LogP contribution in [0.4, 0.5) is 10.3 Å². The van der Waals surface area contributed by atoms with Crippen molar-refractivity contribution in [1.29, 1.82) is 5.26 Å². The maximum absolute atomic E-state index is 13.0. The zero-order valence-corrected chi connectivity index (χ0v) is 16.6. The SMILES string of the molecule is N#Cc1c(-c2ccccc2)nc(NN=Cc2ccc(Oc3ccc(F)cc3)cc2)[nH]c1=O. The minimum absolute atomic E-state index is 0.0672. The number of anilines is 1. The summed E-state index contributed by atoms with van der Waals surface area (Å²) in [5.41, 5.74) is 3.75. The molecule has 4 rings (SSSR count). The number of halogens is 1. The third-order valence-corrected chi connectivity index (χ3v) is 4.39. The number of H-pyrrole nitrogens is 1. The summed E-state index contributed by atoms with van der Waals surface area (Å²) in [4.78, 5) is 19.1. The molecule has 7 nitrogen and oxygen atoms in total. The average molecular weight is 425 g/mol. The first-order valence-corrected chi connectivity index (χ1v) is 9.55. The predicted molar refractivity (Wildman–Crippen MR) is 119 cm³/mol. The normalized spacial score (nSPS) is 10.6. The number of hydrazone groups is 1. The number of nitrogens with one attached hydrogen (secondary N) is 2. The van der Waals surface area contributed by atoms with Crippen LogP contribution >= 0.6 is 0 Å². The molecule has 0 aliphatic rings. The number of rotatable bonds is 6. The molecule has 0 saturated heterocycles. The fourth-order valence-electron chi connectivity index (χ4n) is 2.86. The van der Waals surface area contributed by atoms with Crippen LogP contribution in [-0.2, 0) is 0 Å². The minimum Gasteiger partial charge on any atom is -0.457 e. The summed E-state index contributed by atoms with van der Waals surface area (Å²) < 4.78 is 18.6. The van der Waals surface area contributed by atoms with E-state index < -0.39 is 5.56 Å². The zero-order chi connectivity index (χ0) is 22.3. The van der Waals surface area contributed by atoms with Gasteiger partial charge in [-0.25, -0.2) is 14.8 Å². The summed E-state index contributed by atoms with van der Waals surface area (Å²) in [5.74, 6) is 0.901. The standard InChI is InChI=1S/C24H16FN5O2/c25-18-8-12-20(13-9-18)32-19-10-6-16(7-11-19)15-27-30-24-28-22(17-4-2-1-3-5-17)21(14-26)23(31)29-24/h1-13,15H,(H2,28,29,30,31). The molecular formula is C24H16FN5O2. The molecule has 1 heterocycles. The van der Waals surface area contributed by atoms with Crippen molar-refractivity contribution < 1.29 is 9.13 Å². The summed E-state index contributed by atoms with van der Waals surface area (Å²) in [6.45, 7) is 0. The summed E-state index contributed by atoms with van der Waals surface area (Å²) >= 11 is 0. The van der Waals surface area contributed by atoms with E-state index in [9.17, 15) is 14.4 Å². The van der Waals surface area contributed by atoms with Crippen LogP contribution in [0.15, 0.2) is 88.8 Å². The second-order valence-electron chi connectivity index (χ2n) is 6.61. The van der Waals surface area contributed by atoms with E-state index in [1.165, 1.54) is 12.1 Å². The molecular weight excluding hydrogens is 409 g/mol. The first kappa shape index (κ1) is 20.5. The Kier molecular flexibility index (Phi) is 6.00. The van der Waals surface area contributed by atoms with Gasteiger partial charge < -0.3 is 4.74 Å². The Bertz CT molecular complexity index is 1340. The van der Waals surface area contributed by atoms with Gasteiger partial charge in [0.25, 0.3) is 5.56 Å². The number of benzene rings is 3. The molecule has 0 amide bonds. The summed E-state index contributed by atoms with van der Waals surface area (Å²) in [6, 6.07) is 23.7. The summed E-state index contributed by atoms with van der Waals surface area (Å²) in [6.07, 6.45) is 1.54. The molecule has 0 aliphatic carbocycles. The van der Waals surface area contributed by atoms with Crippen molar-refractivity contribution in [1.82, 2.24) is 9.97 Å². The molecule has 0 atom stereocenters. The zero-order valence-electron chi connectivity index (χ0n) is 16.6. The van der Waals surface area contributed by atoms with Gasteiger partial charge in [0, 0.05) is 5.56 Å². The second kappa shape index (κ2) is 9.36. The van der Waals surface area contributed by atoms with Gasteiger partial charge in [-0.1, -0.05) is 30.3 Å². The van der Waals surface area contributed by atoms with Crippen LogP contribution in [0.3, 0.4) is 0 Å². The van der Waals surface area contributed by atoms with Crippen LogP contribution in [0.5, 0.6) is 11.5 Å². The summed E-state index contributed by atoms with van der Waals surface area (Å²) in [5, 5.41) is 13.4. The van der Waals surface area contributed by atoms with E-state index in [0.717, 1.165) is 5.56 Å². The molecule has 0 radical (unpaired) electrons. The smallest absolute Gasteiger partial charge is 0.270 e. The van der Waals surface area contributed by atoms with E-state index in [0.29, 0.717) is 17.1 Å². The van der Waals surface area contributed by atoms with E-state index >= 15 is 0 Å². The van der Waals surface area contributed by atoms with Crippen molar-refractivity contribution in [3.63, 3.8) is 0 Å². The van der Waals surface area contributed by atoms with E-state index in [2.05, 4.69) is 20.5 Å². The highest BCUT2D eigenvalue weighted by molar-refractivity contribution is 5.80. The number of nitriles is 1. The van der Waals surface area contributed by atoms with Gasteiger partial charge in [0.15, 0.2) is 0 Å². The minimum atomic E-state index is -0.554. The Morgan fingerprint density at radius 1 is 1.00 bits per heavy atom. The van der Waals surface area contributed by atoms with Crippen molar-refractivity contribution in [2.24, 2.45) is 5.10 Å². The van der Waals surface area contributed by atoms with E-state index in [4.69, 9.17) is 4.74 Å². The van der Waals surface area contributed by atoms with Crippen LogP contribution in [0.1, 0.15) is 11.1 Å². The van der Waals surface area contributed by atoms with Crippen molar-refractivity contribution in [2.75, 3.05) is 5.43 Å². The molecule has 1 aromatic heterocycles. The Hall–Kier alpha value is -4.77. The Morgan fingerprint density at radius 3 is 2.31 bits per heavy atom. The highest BCUT2D eigenvalue weighted by Gasteiger charge is 2.12. The molecule has 0 aliphatic heterocycles. The Morgan fingerprint density at radius 2 is 1.66 bits per heavy atom. The number of aromatic amines is 1. The van der Waals surface area contributed by atoms with Crippen LogP contribution in [0.25, 0.3) is 11.3 Å². The maximum atomic E-state index is 13.0. The maximum Gasteiger partial charge on any atom is 0.270 e. The summed E-state index contributed by atoms with van der Waals surface area (Å²) in [7, 11) is 0. The van der Waals surface area contributed by atoms with Crippen molar-refractivity contribution in [3.05, 3.63) is 106 Å². The topological polar surface area (TPSA) is 103 Å².